The number of carbonyl (C=O) groups excluding carboxylic acids is 5. The van der Waals surface area contributed by atoms with Gasteiger partial charge in [-0.1, -0.05) is 12.1 Å². The first-order chi connectivity index (χ1) is 13.8. The van der Waals surface area contributed by atoms with Crippen molar-refractivity contribution >= 4 is 29.5 Å². The summed E-state index contributed by atoms with van der Waals surface area (Å²) in [6.45, 7) is -0.0484. The first-order valence-corrected chi connectivity index (χ1v) is 8.68. The molecule has 0 fully saturated rings. The van der Waals surface area contributed by atoms with E-state index in [0.29, 0.717) is 5.56 Å². The van der Waals surface area contributed by atoms with E-state index in [2.05, 4.69) is 10.6 Å². The van der Waals surface area contributed by atoms with Crippen LogP contribution in [0.2, 0.25) is 0 Å². The fourth-order valence-electron chi connectivity index (χ4n) is 2.83. The maximum Gasteiger partial charge on any atom is 0.261 e. The van der Waals surface area contributed by atoms with E-state index in [4.69, 9.17) is 5.73 Å². The Labute approximate surface area is 165 Å². The summed E-state index contributed by atoms with van der Waals surface area (Å²) in [7, 11) is 1.39. The Balaban J connectivity index is 1.61. The maximum absolute atomic E-state index is 12.4. The molecule has 1 heterocycles. The average molecular weight is 394 g/mol. The van der Waals surface area contributed by atoms with E-state index in [1.807, 2.05) is 0 Å². The monoisotopic (exact) mass is 394 g/mol. The summed E-state index contributed by atoms with van der Waals surface area (Å²) in [5.41, 5.74) is 6.83. The van der Waals surface area contributed by atoms with Gasteiger partial charge in [0, 0.05) is 24.7 Å². The number of benzene rings is 2. The van der Waals surface area contributed by atoms with Crippen LogP contribution in [-0.2, 0) is 11.3 Å². The van der Waals surface area contributed by atoms with Gasteiger partial charge in [-0.3, -0.25) is 28.9 Å². The average Bonchev–Trinajstić information content (AvgIpc) is 2.94. The second-order valence-electron chi connectivity index (χ2n) is 6.46. The molecule has 0 saturated heterocycles. The molecule has 2 aromatic carbocycles. The lowest BCUT2D eigenvalue weighted by atomic mass is 10.1. The summed E-state index contributed by atoms with van der Waals surface area (Å²) in [6.07, 6.45) is 0. The fraction of sp³-hybridized carbons (Fsp3) is 0.150. The van der Waals surface area contributed by atoms with Gasteiger partial charge in [0.2, 0.25) is 5.91 Å². The molecular weight excluding hydrogens is 376 g/mol. The Morgan fingerprint density at radius 1 is 0.862 bits per heavy atom. The lowest BCUT2D eigenvalue weighted by molar-refractivity contribution is -0.117. The SMILES string of the molecule is CN1C(=O)c2ccc(C(=O)NCc3ccc(C(=O)NCC(N)=O)cc3)cc2C1=O. The van der Waals surface area contributed by atoms with Gasteiger partial charge in [-0.05, 0) is 35.9 Å². The largest absolute Gasteiger partial charge is 0.368 e. The summed E-state index contributed by atoms with van der Waals surface area (Å²) < 4.78 is 0. The van der Waals surface area contributed by atoms with Crippen LogP contribution in [0.25, 0.3) is 0 Å². The van der Waals surface area contributed by atoms with E-state index in [1.165, 1.54) is 25.2 Å². The van der Waals surface area contributed by atoms with Gasteiger partial charge in [0.15, 0.2) is 0 Å². The molecule has 0 aliphatic carbocycles. The highest BCUT2D eigenvalue weighted by Gasteiger charge is 2.33. The summed E-state index contributed by atoms with van der Waals surface area (Å²) in [5, 5.41) is 5.10. The number of primary amides is 1. The van der Waals surface area contributed by atoms with Gasteiger partial charge >= 0.3 is 0 Å². The van der Waals surface area contributed by atoms with E-state index in [-0.39, 0.29) is 29.8 Å². The smallest absolute Gasteiger partial charge is 0.261 e. The lowest BCUT2D eigenvalue weighted by Crippen LogP contribution is -2.33. The van der Waals surface area contributed by atoms with Gasteiger partial charge in [-0.2, -0.15) is 0 Å². The van der Waals surface area contributed by atoms with Crippen molar-refractivity contribution in [2.45, 2.75) is 6.54 Å². The molecule has 0 aromatic heterocycles. The molecule has 5 amide bonds. The quantitative estimate of drug-likeness (QED) is 0.595. The molecule has 9 nitrogen and oxygen atoms in total. The number of hydrogen-bond acceptors (Lipinski definition) is 5. The van der Waals surface area contributed by atoms with Crippen LogP contribution in [-0.4, -0.2) is 48.0 Å². The van der Waals surface area contributed by atoms with E-state index < -0.39 is 29.5 Å². The number of nitrogens with one attached hydrogen (secondary N) is 2. The normalized spacial score (nSPS) is 12.5. The van der Waals surface area contributed by atoms with E-state index in [1.54, 1.807) is 24.3 Å². The molecule has 9 heteroatoms. The summed E-state index contributed by atoms with van der Waals surface area (Å²) in [5.74, 6) is -2.30. The Hall–Kier alpha value is -4.01. The predicted octanol–water partition coefficient (Wildman–Crippen LogP) is 0.0575. The second-order valence-corrected chi connectivity index (χ2v) is 6.46. The Bertz CT molecular complexity index is 1030. The minimum absolute atomic E-state index is 0.200. The molecule has 0 spiro atoms. The third-order valence-electron chi connectivity index (χ3n) is 4.44. The number of fused-ring (bicyclic) bond motifs is 1. The first-order valence-electron chi connectivity index (χ1n) is 8.68. The topological polar surface area (TPSA) is 139 Å². The van der Waals surface area contributed by atoms with Gasteiger partial charge < -0.3 is 16.4 Å². The van der Waals surface area contributed by atoms with Crippen LogP contribution in [0.1, 0.15) is 47.0 Å². The van der Waals surface area contributed by atoms with Crippen molar-refractivity contribution < 1.29 is 24.0 Å². The van der Waals surface area contributed by atoms with Crippen molar-refractivity contribution in [2.24, 2.45) is 5.73 Å². The van der Waals surface area contributed by atoms with Crippen LogP contribution < -0.4 is 16.4 Å². The predicted molar refractivity (Wildman–Crippen MR) is 102 cm³/mol. The Kier molecular flexibility index (Phi) is 5.40. The van der Waals surface area contributed by atoms with Crippen molar-refractivity contribution in [2.75, 3.05) is 13.6 Å². The van der Waals surface area contributed by atoms with Gasteiger partial charge in [-0.25, -0.2) is 0 Å². The highest BCUT2D eigenvalue weighted by molar-refractivity contribution is 6.21. The van der Waals surface area contributed by atoms with Crippen LogP contribution in [0.15, 0.2) is 42.5 Å². The van der Waals surface area contributed by atoms with Gasteiger partial charge in [0.05, 0.1) is 17.7 Å². The zero-order valence-corrected chi connectivity index (χ0v) is 15.5. The van der Waals surface area contributed by atoms with E-state index in [9.17, 15) is 24.0 Å². The molecule has 2 aromatic rings. The maximum atomic E-state index is 12.4. The molecule has 0 unspecified atom stereocenters. The zero-order chi connectivity index (χ0) is 21.1. The minimum Gasteiger partial charge on any atom is -0.368 e. The number of nitrogens with zero attached hydrogens (tertiary/aromatic N) is 1. The Morgan fingerprint density at radius 2 is 1.45 bits per heavy atom. The number of imide groups is 1. The van der Waals surface area contributed by atoms with Crippen LogP contribution in [0.5, 0.6) is 0 Å². The third-order valence-corrected chi connectivity index (χ3v) is 4.44. The summed E-state index contributed by atoms with van der Waals surface area (Å²) in [4.78, 5) is 59.9. The van der Waals surface area contributed by atoms with Crippen LogP contribution in [0, 0.1) is 0 Å². The van der Waals surface area contributed by atoms with Crippen molar-refractivity contribution in [1.82, 2.24) is 15.5 Å². The minimum atomic E-state index is -0.637. The zero-order valence-electron chi connectivity index (χ0n) is 15.5. The van der Waals surface area contributed by atoms with Crippen molar-refractivity contribution in [1.29, 1.82) is 0 Å². The highest BCUT2D eigenvalue weighted by Crippen LogP contribution is 2.22. The third kappa shape index (κ3) is 4.13. The molecule has 0 saturated carbocycles. The van der Waals surface area contributed by atoms with Crippen molar-refractivity contribution in [3.8, 4) is 0 Å². The molecule has 1 aliphatic rings. The standard InChI is InChI=1S/C20H18N4O5/c1-24-19(28)14-7-6-13(8-15(14)20(24)29)18(27)22-9-11-2-4-12(5-3-11)17(26)23-10-16(21)25/h2-8H,9-10H2,1H3,(H2,21,25)(H,22,27)(H,23,26). The molecule has 0 bridgehead atoms. The fourth-order valence-corrected chi connectivity index (χ4v) is 2.83. The van der Waals surface area contributed by atoms with E-state index in [0.717, 1.165) is 10.5 Å². The van der Waals surface area contributed by atoms with Crippen molar-refractivity contribution in [3.63, 3.8) is 0 Å². The van der Waals surface area contributed by atoms with Crippen LogP contribution >= 0.6 is 0 Å². The molecule has 0 radical (unpaired) electrons. The van der Waals surface area contributed by atoms with Crippen LogP contribution in [0.3, 0.4) is 0 Å². The second kappa shape index (κ2) is 7.93. The molecule has 1 aliphatic heterocycles. The number of rotatable bonds is 6. The first kappa shape index (κ1) is 19.7. The van der Waals surface area contributed by atoms with E-state index >= 15 is 0 Å². The van der Waals surface area contributed by atoms with Gasteiger partial charge in [0.25, 0.3) is 23.6 Å². The summed E-state index contributed by atoms with van der Waals surface area (Å²) in [6, 6.07) is 10.8. The molecule has 0 atom stereocenters. The molecule has 29 heavy (non-hydrogen) atoms. The Morgan fingerprint density at radius 3 is 2.10 bits per heavy atom. The molecule has 3 rings (SSSR count). The molecule has 148 valence electrons. The number of amides is 5. The molecular formula is C20H18N4O5. The number of hydrogen-bond donors (Lipinski definition) is 3. The number of nitrogens with two attached hydrogens (primary N) is 1. The van der Waals surface area contributed by atoms with Gasteiger partial charge in [0.1, 0.15) is 0 Å². The molecule has 4 N–H and O–H groups in total. The lowest BCUT2D eigenvalue weighted by Gasteiger charge is -2.08. The highest BCUT2D eigenvalue weighted by atomic mass is 16.2. The number of carbonyl (C=O) groups is 5. The van der Waals surface area contributed by atoms with Gasteiger partial charge in [-0.15, -0.1) is 0 Å². The summed E-state index contributed by atoms with van der Waals surface area (Å²) >= 11 is 0. The van der Waals surface area contributed by atoms with Crippen molar-refractivity contribution in [3.05, 3.63) is 70.3 Å². The van der Waals surface area contributed by atoms with Crippen LogP contribution in [0.4, 0.5) is 0 Å².